The zero-order valence-corrected chi connectivity index (χ0v) is 20.2. The summed E-state index contributed by atoms with van der Waals surface area (Å²) in [6, 6.07) is 10.6. The topological polar surface area (TPSA) is 100.0 Å². The smallest absolute Gasteiger partial charge is 0.416 e. The third kappa shape index (κ3) is 7.00. The van der Waals surface area contributed by atoms with E-state index in [2.05, 4.69) is 15.5 Å². The fourth-order valence-corrected chi connectivity index (χ4v) is 3.72. The van der Waals surface area contributed by atoms with Crippen LogP contribution in [-0.2, 0) is 29.9 Å². The first kappa shape index (κ1) is 27.5. The minimum Gasteiger partial charge on any atom is -0.416 e. The number of azo groups is 1. The van der Waals surface area contributed by atoms with Crippen molar-refractivity contribution in [3.05, 3.63) is 54.1 Å². The van der Waals surface area contributed by atoms with Crippen molar-refractivity contribution in [3.63, 3.8) is 0 Å². The van der Waals surface area contributed by atoms with Gasteiger partial charge in [-0.05, 0) is 62.4 Å². The second-order valence-corrected chi connectivity index (χ2v) is 7.85. The van der Waals surface area contributed by atoms with E-state index in [0.29, 0.717) is 18.0 Å². The largest absolute Gasteiger partial charge is 0.416 e. The molecule has 1 amide bonds. The molecule has 0 unspecified atom stereocenters. The van der Waals surface area contributed by atoms with E-state index in [9.17, 15) is 18.0 Å². The van der Waals surface area contributed by atoms with Crippen LogP contribution >= 0.6 is 0 Å². The summed E-state index contributed by atoms with van der Waals surface area (Å²) in [5.74, 6) is 0. The molecule has 12 heteroatoms. The zero-order valence-electron chi connectivity index (χ0n) is 20.2. The number of halogens is 3. The molecular formula is C24H28F3N3O6. The molecule has 36 heavy (non-hydrogen) atoms. The molecule has 2 aromatic rings. The summed E-state index contributed by atoms with van der Waals surface area (Å²) in [7, 11) is 3.01. The number of anilines is 1. The second kappa shape index (κ2) is 12.3. The Morgan fingerprint density at radius 1 is 0.944 bits per heavy atom. The van der Waals surface area contributed by atoms with Crippen LogP contribution in [0.4, 0.5) is 35.0 Å². The van der Waals surface area contributed by atoms with E-state index in [1.165, 1.54) is 19.2 Å². The van der Waals surface area contributed by atoms with Gasteiger partial charge in [-0.25, -0.2) is 4.79 Å². The van der Waals surface area contributed by atoms with Crippen LogP contribution in [0.3, 0.4) is 0 Å². The highest BCUT2D eigenvalue weighted by Gasteiger charge is 2.47. The molecule has 0 saturated carbocycles. The van der Waals surface area contributed by atoms with Gasteiger partial charge in [0.05, 0.1) is 23.0 Å². The van der Waals surface area contributed by atoms with Crippen molar-refractivity contribution in [1.82, 2.24) is 0 Å². The van der Waals surface area contributed by atoms with Gasteiger partial charge in [-0.1, -0.05) is 0 Å². The number of amides is 1. The van der Waals surface area contributed by atoms with Gasteiger partial charge in [-0.2, -0.15) is 23.4 Å². The highest BCUT2D eigenvalue weighted by atomic mass is 19.4. The first-order chi connectivity index (χ1) is 17.2. The fourth-order valence-electron chi connectivity index (χ4n) is 3.72. The summed E-state index contributed by atoms with van der Waals surface area (Å²) >= 11 is 0. The second-order valence-electron chi connectivity index (χ2n) is 7.85. The van der Waals surface area contributed by atoms with Crippen LogP contribution in [0.5, 0.6) is 0 Å². The molecule has 1 N–H and O–H groups in total. The lowest BCUT2D eigenvalue weighted by Gasteiger charge is -2.43. The van der Waals surface area contributed by atoms with Crippen LogP contribution in [0.15, 0.2) is 58.8 Å². The van der Waals surface area contributed by atoms with Gasteiger partial charge in [0.15, 0.2) is 0 Å². The predicted octanol–water partition coefficient (Wildman–Crippen LogP) is 5.85. The van der Waals surface area contributed by atoms with E-state index in [-0.39, 0.29) is 5.69 Å². The van der Waals surface area contributed by atoms with Crippen molar-refractivity contribution < 1.29 is 41.7 Å². The van der Waals surface area contributed by atoms with E-state index in [1.54, 1.807) is 38.3 Å². The standard InChI is InChI=1S/C24H28F3N3O6/c1-5-34-20-19(32-3)14(2)35-22(21(20)33-4)36-23(31)28-16-10-12-18(13-11-16)30-29-17-8-6-15(7-9-17)24(25,26)27/h6-14,19-22H,5H2,1-4H3,(H,28,31)/b30-29+/t14-,19-,20+,21+,22-/m0/s1. The third-order valence-electron chi connectivity index (χ3n) is 5.44. The van der Waals surface area contributed by atoms with Crippen LogP contribution in [0.1, 0.15) is 19.4 Å². The summed E-state index contributed by atoms with van der Waals surface area (Å²) in [5, 5.41) is 10.5. The van der Waals surface area contributed by atoms with Crippen LogP contribution in [0, 0.1) is 0 Å². The molecule has 196 valence electrons. The molecule has 1 aliphatic rings. The number of benzene rings is 2. The van der Waals surface area contributed by atoms with Crippen LogP contribution in [0.25, 0.3) is 0 Å². The summed E-state index contributed by atoms with van der Waals surface area (Å²) in [6.45, 7) is 4.05. The molecule has 9 nitrogen and oxygen atoms in total. The van der Waals surface area contributed by atoms with Gasteiger partial charge in [0.25, 0.3) is 0 Å². The Kier molecular flexibility index (Phi) is 9.37. The average molecular weight is 511 g/mol. The number of carbonyl (C=O) groups is 1. The Morgan fingerprint density at radius 2 is 1.50 bits per heavy atom. The minimum atomic E-state index is -4.41. The van der Waals surface area contributed by atoms with Crippen LogP contribution in [0.2, 0.25) is 0 Å². The predicted molar refractivity (Wildman–Crippen MR) is 124 cm³/mol. The molecule has 1 aliphatic heterocycles. The number of carbonyl (C=O) groups excluding carboxylic acids is 1. The molecule has 5 atom stereocenters. The average Bonchev–Trinajstić information content (AvgIpc) is 2.84. The first-order valence-electron chi connectivity index (χ1n) is 11.2. The van der Waals surface area contributed by atoms with Crippen molar-refractivity contribution in [1.29, 1.82) is 0 Å². The SMILES string of the molecule is CCO[C@@H]1[C@@H](OC)[C@H](C)O[C@@H](OC(=O)Nc2ccc(/N=N/c3ccc(C(F)(F)F)cc3)cc2)[C@@H]1OC. The summed E-state index contributed by atoms with van der Waals surface area (Å²) in [6.07, 6.45) is -8.22. The van der Waals surface area contributed by atoms with Gasteiger partial charge < -0.3 is 23.7 Å². The van der Waals surface area contributed by atoms with E-state index >= 15 is 0 Å². The lowest BCUT2D eigenvalue weighted by molar-refractivity contribution is -0.292. The van der Waals surface area contributed by atoms with E-state index < -0.39 is 48.5 Å². The van der Waals surface area contributed by atoms with E-state index in [4.69, 9.17) is 23.7 Å². The lowest BCUT2D eigenvalue weighted by atomic mass is 9.99. The summed E-state index contributed by atoms with van der Waals surface area (Å²) < 4.78 is 65.9. The number of hydrogen-bond donors (Lipinski definition) is 1. The Bertz CT molecular complexity index is 1020. The molecule has 0 bridgehead atoms. The highest BCUT2D eigenvalue weighted by Crippen LogP contribution is 2.31. The van der Waals surface area contributed by atoms with E-state index in [1.807, 2.05) is 6.92 Å². The van der Waals surface area contributed by atoms with Crippen molar-refractivity contribution in [3.8, 4) is 0 Å². The molecule has 0 aromatic heterocycles. The highest BCUT2D eigenvalue weighted by molar-refractivity contribution is 5.84. The van der Waals surface area contributed by atoms with Crippen molar-refractivity contribution >= 4 is 23.2 Å². The maximum Gasteiger partial charge on any atom is 0.416 e. The van der Waals surface area contributed by atoms with Gasteiger partial charge in [-0.3, -0.25) is 5.32 Å². The lowest BCUT2D eigenvalue weighted by Crippen LogP contribution is -2.60. The number of methoxy groups -OCH3 is 2. The molecule has 0 aliphatic carbocycles. The molecule has 1 saturated heterocycles. The normalized spacial score (nSPS) is 24.6. The number of ether oxygens (including phenoxy) is 5. The van der Waals surface area contributed by atoms with Crippen molar-refractivity contribution in [2.75, 3.05) is 26.1 Å². The molecule has 1 fully saturated rings. The molecule has 3 rings (SSSR count). The third-order valence-corrected chi connectivity index (χ3v) is 5.44. The maximum atomic E-state index is 12.6. The van der Waals surface area contributed by atoms with Gasteiger partial charge in [0, 0.05) is 26.5 Å². The molecule has 0 spiro atoms. The number of rotatable bonds is 8. The number of alkyl halides is 3. The molecular weight excluding hydrogens is 483 g/mol. The molecule has 1 heterocycles. The first-order valence-corrected chi connectivity index (χ1v) is 11.2. The number of nitrogens with one attached hydrogen (secondary N) is 1. The van der Waals surface area contributed by atoms with Gasteiger partial charge in [0.1, 0.15) is 18.3 Å². The Labute approximate surface area is 206 Å². The minimum absolute atomic E-state index is 0.268. The molecule has 0 radical (unpaired) electrons. The van der Waals surface area contributed by atoms with Gasteiger partial charge in [-0.15, -0.1) is 0 Å². The monoisotopic (exact) mass is 511 g/mol. The maximum absolute atomic E-state index is 12.6. The summed E-state index contributed by atoms with van der Waals surface area (Å²) in [4.78, 5) is 12.5. The zero-order chi connectivity index (χ0) is 26.3. The Morgan fingerprint density at radius 3 is 2.00 bits per heavy atom. The van der Waals surface area contributed by atoms with Gasteiger partial charge in [0.2, 0.25) is 6.29 Å². The Hall–Kier alpha value is -3.06. The van der Waals surface area contributed by atoms with Crippen LogP contribution in [-0.4, -0.2) is 57.6 Å². The fraction of sp³-hybridized carbons (Fsp3) is 0.458. The molecule has 2 aromatic carbocycles. The van der Waals surface area contributed by atoms with Gasteiger partial charge >= 0.3 is 12.3 Å². The quantitative estimate of drug-likeness (QED) is 0.447. The number of hydrogen-bond acceptors (Lipinski definition) is 8. The van der Waals surface area contributed by atoms with Crippen LogP contribution < -0.4 is 5.32 Å². The summed E-state index contributed by atoms with van der Waals surface area (Å²) in [5.41, 5.74) is 0.357. The van der Waals surface area contributed by atoms with Crippen molar-refractivity contribution in [2.45, 2.75) is 50.7 Å². The number of nitrogens with zero attached hydrogens (tertiary/aromatic N) is 2. The van der Waals surface area contributed by atoms with E-state index in [0.717, 1.165) is 12.1 Å². The Balaban J connectivity index is 1.59. The van der Waals surface area contributed by atoms with Crippen molar-refractivity contribution in [2.24, 2.45) is 10.2 Å².